The maximum atomic E-state index is 11.9. The first-order chi connectivity index (χ1) is 12.6. The number of nitrogens with one attached hydrogen (secondary N) is 1. The van der Waals surface area contributed by atoms with Gasteiger partial charge in [0.1, 0.15) is 0 Å². The SMILES string of the molecule is CCOC(=O)C1CCN(C(=NC)NCc2ccc(OC)c(OC)c2)CC1. The molecular formula is C19H29N3O4. The van der Waals surface area contributed by atoms with Crippen molar-refractivity contribution in [3.8, 4) is 11.5 Å². The molecule has 0 saturated carbocycles. The average molecular weight is 363 g/mol. The third-order valence-corrected chi connectivity index (χ3v) is 4.52. The molecule has 1 N–H and O–H groups in total. The lowest BCUT2D eigenvalue weighted by Crippen LogP contribution is -2.46. The Labute approximate surface area is 155 Å². The summed E-state index contributed by atoms with van der Waals surface area (Å²) in [5.74, 6) is 2.16. The van der Waals surface area contributed by atoms with E-state index in [4.69, 9.17) is 14.2 Å². The Morgan fingerprint density at radius 1 is 1.23 bits per heavy atom. The first-order valence-electron chi connectivity index (χ1n) is 8.96. The van der Waals surface area contributed by atoms with Gasteiger partial charge in [0.15, 0.2) is 17.5 Å². The fourth-order valence-electron chi connectivity index (χ4n) is 3.09. The van der Waals surface area contributed by atoms with E-state index in [1.807, 2.05) is 25.1 Å². The molecule has 1 aliphatic heterocycles. The van der Waals surface area contributed by atoms with Crippen LogP contribution < -0.4 is 14.8 Å². The molecule has 0 amide bonds. The van der Waals surface area contributed by atoms with Crippen molar-refractivity contribution in [2.75, 3.05) is 41.0 Å². The minimum absolute atomic E-state index is 0.00449. The van der Waals surface area contributed by atoms with E-state index in [0.29, 0.717) is 24.7 Å². The summed E-state index contributed by atoms with van der Waals surface area (Å²) in [4.78, 5) is 18.4. The molecule has 0 aliphatic carbocycles. The lowest BCUT2D eigenvalue weighted by atomic mass is 9.97. The normalized spacial score (nSPS) is 15.5. The number of rotatable bonds is 6. The van der Waals surface area contributed by atoms with Gasteiger partial charge in [-0.3, -0.25) is 9.79 Å². The first kappa shape index (κ1) is 19.9. The molecule has 26 heavy (non-hydrogen) atoms. The Morgan fingerprint density at radius 3 is 2.50 bits per heavy atom. The fourth-order valence-corrected chi connectivity index (χ4v) is 3.09. The second kappa shape index (κ2) is 9.89. The second-order valence-electron chi connectivity index (χ2n) is 6.10. The highest BCUT2D eigenvalue weighted by atomic mass is 16.5. The standard InChI is InChI=1S/C19H29N3O4/c1-5-26-18(23)15-8-10-22(11-9-15)19(20-2)21-13-14-6-7-16(24-3)17(12-14)25-4/h6-7,12,15H,5,8-11,13H2,1-4H3,(H,20,21). The van der Waals surface area contributed by atoms with Gasteiger partial charge in [-0.05, 0) is 37.5 Å². The lowest BCUT2D eigenvalue weighted by Gasteiger charge is -2.33. The summed E-state index contributed by atoms with van der Waals surface area (Å²) < 4.78 is 15.7. The largest absolute Gasteiger partial charge is 0.493 e. The van der Waals surface area contributed by atoms with Gasteiger partial charge in [0, 0.05) is 26.7 Å². The molecule has 1 aromatic carbocycles. The Morgan fingerprint density at radius 2 is 1.92 bits per heavy atom. The van der Waals surface area contributed by atoms with Crippen LogP contribution in [-0.4, -0.2) is 57.8 Å². The summed E-state index contributed by atoms with van der Waals surface area (Å²) >= 11 is 0. The van der Waals surface area contributed by atoms with Gasteiger partial charge < -0.3 is 24.4 Å². The molecule has 0 atom stereocenters. The predicted octanol–water partition coefficient (Wildman–Crippen LogP) is 2.05. The molecule has 1 heterocycles. The number of hydrogen-bond donors (Lipinski definition) is 1. The van der Waals surface area contributed by atoms with Crippen molar-refractivity contribution in [3.63, 3.8) is 0 Å². The van der Waals surface area contributed by atoms with E-state index in [9.17, 15) is 4.79 Å². The van der Waals surface area contributed by atoms with Gasteiger partial charge in [-0.15, -0.1) is 0 Å². The number of esters is 1. The van der Waals surface area contributed by atoms with E-state index >= 15 is 0 Å². The van der Waals surface area contributed by atoms with Crippen LogP contribution in [0.5, 0.6) is 11.5 Å². The van der Waals surface area contributed by atoms with E-state index in [1.54, 1.807) is 21.3 Å². The minimum atomic E-state index is -0.0829. The van der Waals surface area contributed by atoms with E-state index in [2.05, 4.69) is 15.2 Å². The maximum absolute atomic E-state index is 11.9. The molecule has 1 saturated heterocycles. The summed E-state index contributed by atoms with van der Waals surface area (Å²) in [6, 6.07) is 5.84. The fraction of sp³-hybridized carbons (Fsp3) is 0.579. The van der Waals surface area contributed by atoms with Gasteiger partial charge in [-0.25, -0.2) is 0 Å². The Bertz CT molecular complexity index is 625. The van der Waals surface area contributed by atoms with E-state index in [1.165, 1.54) is 0 Å². The van der Waals surface area contributed by atoms with Gasteiger partial charge in [0.2, 0.25) is 0 Å². The van der Waals surface area contributed by atoms with E-state index in [-0.39, 0.29) is 11.9 Å². The summed E-state index contributed by atoms with van der Waals surface area (Å²) in [5, 5.41) is 3.38. The van der Waals surface area contributed by atoms with Crippen LogP contribution in [0.15, 0.2) is 23.2 Å². The maximum Gasteiger partial charge on any atom is 0.309 e. The number of likely N-dealkylation sites (tertiary alicyclic amines) is 1. The number of piperidine rings is 1. The van der Waals surface area contributed by atoms with Crippen LogP contribution in [0.2, 0.25) is 0 Å². The number of methoxy groups -OCH3 is 2. The van der Waals surface area contributed by atoms with Crippen molar-refractivity contribution in [2.24, 2.45) is 10.9 Å². The van der Waals surface area contributed by atoms with E-state index < -0.39 is 0 Å². The Kier molecular flexibility index (Phi) is 7.56. The number of carbonyl (C=O) groups is 1. The average Bonchev–Trinajstić information content (AvgIpc) is 2.68. The number of carbonyl (C=O) groups excluding carboxylic acids is 1. The number of guanidine groups is 1. The molecule has 0 unspecified atom stereocenters. The molecule has 2 rings (SSSR count). The van der Waals surface area contributed by atoms with E-state index in [0.717, 1.165) is 37.5 Å². The molecule has 0 aromatic heterocycles. The minimum Gasteiger partial charge on any atom is -0.493 e. The van der Waals surface area contributed by atoms with Crippen molar-refractivity contribution in [2.45, 2.75) is 26.3 Å². The van der Waals surface area contributed by atoms with Crippen molar-refractivity contribution >= 4 is 11.9 Å². The van der Waals surface area contributed by atoms with Gasteiger partial charge in [-0.1, -0.05) is 6.07 Å². The monoisotopic (exact) mass is 363 g/mol. The summed E-state index contributed by atoms with van der Waals surface area (Å²) in [6.07, 6.45) is 1.58. The van der Waals surface area contributed by atoms with Crippen LogP contribution in [0.4, 0.5) is 0 Å². The van der Waals surface area contributed by atoms with Crippen LogP contribution in [0, 0.1) is 5.92 Å². The highest BCUT2D eigenvalue weighted by Crippen LogP contribution is 2.27. The van der Waals surface area contributed by atoms with Crippen LogP contribution in [0.25, 0.3) is 0 Å². The first-order valence-corrected chi connectivity index (χ1v) is 8.96. The van der Waals surface area contributed by atoms with Crippen molar-refractivity contribution < 1.29 is 19.0 Å². The Hall–Kier alpha value is -2.44. The van der Waals surface area contributed by atoms with Crippen LogP contribution >= 0.6 is 0 Å². The van der Waals surface area contributed by atoms with Crippen LogP contribution in [0.3, 0.4) is 0 Å². The van der Waals surface area contributed by atoms with Gasteiger partial charge in [-0.2, -0.15) is 0 Å². The van der Waals surface area contributed by atoms with Gasteiger partial charge in [0.25, 0.3) is 0 Å². The smallest absolute Gasteiger partial charge is 0.309 e. The predicted molar refractivity (Wildman–Crippen MR) is 101 cm³/mol. The molecule has 0 bridgehead atoms. The third kappa shape index (κ3) is 5.03. The molecule has 0 radical (unpaired) electrons. The number of ether oxygens (including phenoxy) is 3. The highest BCUT2D eigenvalue weighted by molar-refractivity contribution is 5.80. The molecule has 1 aliphatic rings. The molecule has 7 nitrogen and oxygen atoms in total. The zero-order valence-corrected chi connectivity index (χ0v) is 16.1. The second-order valence-corrected chi connectivity index (χ2v) is 6.10. The van der Waals surface area contributed by atoms with Gasteiger partial charge >= 0.3 is 5.97 Å². The quantitative estimate of drug-likeness (QED) is 0.474. The third-order valence-electron chi connectivity index (χ3n) is 4.52. The van der Waals surface area contributed by atoms with Gasteiger partial charge in [0.05, 0.1) is 26.7 Å². The van der Waals surface area contributed by atoms with Crippen molar-refractivity contribution in [1.29, 1.82) is 0 Å². The molecule has 0 spiro atoms. The zero-order chi connectivity index (χ0) is 18.9. The molecule has 144 valence electrons. The molecule has 1 aromatic rings. The Balaban J connectivity index is 1.90. The number of aliphatic imine (C=N–C) groups is 1. The lowest BCUT2D eigenvalue weighted by molar-refractivity contribution is -0.149. The zero-order valence-electron chi connectivity index (χ0n) is 16.1. The van der Waals surface area contributed by atoms with Crippen LogP contribution in [-0.2, 0) is 16.1 Å². The van der Waals surface area contributed by atoms with Crippen LogP contribution in [0.1, 0.15) is 25.3 Å². The summed E-state index contributed by atoms with van der Waals surface area (Å²) in [5.41, 5.74) is 1.07. The number of hydrogen-bond acceptors (Lipinski definition) is 5. The molecular weight excluding hydrogens is 334 g/mol. The number of benzene rings is 1. The summed E-state index contributed by atoms with van der Waals surface area (Å²) in [6.45, 7) is 4.48. The molecule has 1 fully saturated rings. The molecule has 7 heteroatoms. The summed E-state index contributed by atoms with van der Waals surface area (Å²) in [7, 11) is 5.02. The number of nitrogens with zero attached hydrogens (tertiary/aromatic N) is 2. The van der Waals surface area contributed by atoms with Crippen molar-refractivity contribution in [3.05, 3.63) is 23.8 Å². The topological polar surface area (TPSA) is 72.4 Å². The highest BCUT2D eigenvalue weighted by Gasteiger charge is 2.27. The van der Waals surface area contributed by atoms with Crippen molar-refractivity contribution in [1.82, 2.24) is 10.2 Å².